The Kier molecular flexibility index (Phi) is 4.24. The molecule has 1 aliphatic rings. The Morgan fingerprint density at radius 2 is 1.81 bits per heavy atom. The Morgan fingerprint density at radius 1 is 1.19 bits per heavy atom. The van der Waals surface area contributed by atoms with Gasteiger partial charge in [-0.2, -0.15) is 4.31 Å². The molecule has 1 heterocycles. The van der Waals surface area contributed by atoms with Gasteiger partial charge in [0.15, 0.2) is 11.6 Å². The molecule has 21 heavy (non-hydrogen) atoms. The molecule has 2 N–H and O–H groups in total. The van der Waals surface area contributed by atoms with Gasteiger partial charge in [-0.25, -0.2) is 21.6 Å². The molecular weight excluding hydrogens is 309 g/mol. The van der Waals surface area contributed by atoms with Crippen LogP contribution in [0.25, 0.3) is 0 Å². The van der Waals surface area contributed by atoms with E-state index in [1.807, 2.05) is 0 Å². The second-order valence-electron chi connectivity index (χ2n) is 4.80. The lowest BCUT2D eigenvalue weighted by Crippen LogP contribution is -2.44. The molecule has 2 rings (SSSR count). The number of nitrogens with zero attached hydrogens (tertiary/aromatic N) is 1. The molecule has 1 saturated heterocycles. The summed E-state index contributed by atoms with van der Waals surface area (Å²) < 4.78 is 65.1. The minimum absolute atomic E-state index is 0.0601. The van der Waals surface area contributed by atoms with E-state index in [-0.39, 0.29) is 19.2 Å². The molecule has 1 amide bonds. The van der Waals surface area contributed by atoms with Crippen molar-refractivity contribution in [2.45, 2.75) is 17.7 Å². The second-order valence-corrected chi connectivity index (χ2v) is 6.71. The van der Waals surface area contributed by atoms with Crippen LogP contribution in [0.15, 0.2) is 17.0 Å². The van der Waals surface area contributed by atoms with Gasteiger partial charge >= 0.3 is 0 Å². The topological polar surface area (TPSA) is 80.5 Å². The number of amides is 1. The quantitative estimate of drug-likeness (QED) is 0.843. The van der Waals surface area contributed by atoms with Crippen molar-refractivity contribution in [2.24, 2.45) is 11.7 Å². The summed E-state index contributed by atoms with van der Waals surface area (Å²) in [4.78, 5) is 10.2. The van der Waals surface area contributed by atoms with Crippen molar-refractivity contribution in [2.75, 3.05) is 13.1 Å². The third-order valence-corrected chi connectivity index (χ3v) is 5.26. The predicted molar refractivity (Wildman–Crippen MR) is 67.0 cm³/mol. The minimum Gasteiger partial charge on any atom is -0.369 e. The van der Waals surface area contributed by atoms with Crippen LogP contribution in [-0.2, 0) is 14.8 Å². The maximum atomic E-state index is 13.6. The average Bonchev–Trinajstić information content (AvgIpc) is 2.42. The maximum absolute atomic E-state index is 13.6. The second kappa shape index (κ2) is 5.64. The Morgan fingerprint density at radius 3 is 2.43 bits per heavy atom. The van der Waals surface area contributed by atoms with Gasteiger partial charge < -0.3 is 5.73 Å². The molecule has 9 heteroatoms. The molecule has 0 aliphatic carbocycles. The van der Waals surface area contributed by atoms with Crippen LogP contribution in [0.3, 0.4) is 0 Å². The average molecular weight is 322 g/mol. The summed E-state index contributed by atoms with van der Waals surface area (Å²) in [5.41, 5.74) is 5.14. The lowest BCUT2D eigenvalue weighted by atomic mass is 9.99. The zero-order valence-electron chi connectivity index (χ0n) is 10.9. The highest BCUT2D eigenvalue weighted by atomic mass is 32.2. The summed E-state index contributed by atoms with van der Waals surface area (Å²) >= 11 is 0. The molecular formula is C12H13F3N2O3S. The molecule has 5 nitrogen and oxygen atoms in total. The fourth-order valence-corrected chi connectivity index (χ4v) is 3.82. The van der Waals surface area contributed by atoms with E-state index in [4.69, 9.17) is 5.73 Å². The first-order chi connectivity index (χ1) is 9.73. The van der Waals surface area contributed by atoms with Crippen molar-refractivity contribution in [1.82, 2.24) is 4.31 Å². The standard InChI is InChI=1S/C12H13F3N2O3S/c13-8-4-10(15)11(5-9(8)14)21(19,20)17-3-1-2-7(6-17)12(16)18/h4-5,7H,1-3,6H2,(H2,16,18). The van der Waals surface area contributed by atoms with Gasteiger partial charge in [0, 0.05) is 19.2 Å². The number of halogens is 3. The fourth-order valence-electron chi connectivity index (χ4n) is 2.23. The van der Waals surface area contributed by atoms with Gasteiger partial charge in [0.1, 0.15) is 10.7 Å². The number of nitrogens with two attached hydrogens (primary N) is 1. The van der Waals surface area contributed by atoms with Gasteiger partial charge in [0.05, 0.1) is 5.92 Å². The molecule has 0 bridgehead atoms. The summed E-state index contributed by atoms with van der Waals surface area (Å²) in [5, 5.41) is 0. The molecule has 0 radical (unpaired) electrons. The van der Waals surface area contributed by atoms with Gasteiger partial charge in [-0.05, 0) is 18.9 Å². The van der Waals surface area contributed by atoms with Crippen LogP contribution in [0.4, 0.5) is 13.2 Å². The van der Waals surface area contributed by atoms with Crippen molar-refractivity contribution in [3.05, 3.63) is 29.6 Å². The number of benzene rings is 1. The highest BCUT2D eigenvalue weighted by molar-refractivity contribution is 7.89. The van der Waals surface area contributed by atoms with E-state index in [0.717, 1.165) is 4.31 Å². The molecule has 0 aromatic heterocycles. The number of primary amides is 1. The van der Waals surface area contributed by atoms with Crippen LogP contribution in [0.2, 0.25) is 0 Å². The van der Waals surface area contributed by atoms with Crippen molar-refractivity contribution in [3.8, 4) is 0 Å². The number of carbonyl (C=O) groups excluding carboxylic acids is 1. The lowest BCUT2D eigenvalue weighted by molar-refractivity contribution is -0.122. The third-order valence-electron chi connectivity index (χ3n) is 3.38. The number of sulfonamides is 1. The Hall–Kier alpha value is -1.61. The summed E-state index contributed by atoms with van der Waals surface area (Å²) in [7, 11) is -4.35. The van der Waals surface area contributed by atoms with Crippen LogP contribution in [-0.4, -0.2) is 31.7 Å². The van der Waals surface area contributed by atoms with E-state index in [0.29, 0.717) is 18.9 Å². The largest absolute Gasteiger partial charge is 0.369 e. The summed E-state index contributed by atoms with van der Waals surface area (Å²) in [6.07, 6.45) is 0.805. The number of rotatable bonds is 3. The van der Waals surface area contributed by atoms with Crippen molar-refractivity contribution in [1.29, 1.82) is 0 Å². The SMILES string of the molecule is NC(=O)C1CCCN(S(=O)(=O)c2cc(F)c(F)cc2F)C1. The molecule has 0 saturated carbocycles. The zero-order valence-corrected chi connectivity index (χ0v) is 11.7. The first kappa shape index (κ1) is 15.8. The molecule has 1 aromatic carbocycles. The summed E-state index contributed by atoms with van der Waals surface area (Å²) in [6, 6.07) is 0.478. The molecule has 1 aromatic rings. The number of hydrogen-bond donors (Lipinski definition) is 1. The molecule has 1 unspecified atom stereocenters. The van der Waals surface area contributed by atoms with E-state index in [9.17, 15) is 26.4 Å². The highest BCUT2D eigenvalue weighted by Gasteiger charge is 2.34. The van der Waals surface area contributed by atoms with Crippen molar-refractivity contribution < 1.29 is 26.4 Å². The smallest absolute Gasteiger partial charge is 0.246 e. The van der Waals surface area contributed by atoms with E-state index in [1.54, 1.807) is 0 Å². The molecule has 116 valence electrons. The van der Waals surface area contributed by atoms with Crippen LogP contribution in [0.1, 0.15) is 12.8 Å². The van der Waals surface area contributed by atoms with Crippen molar-refractivity contribution >= 4 is 15.9 Å². The Labute approximate surface area is 119 Å². The first-order valence-electron chi connectivity index (χ1n) is 6.17. The van der Waals surface area contributed by atoms with Gasteiger partial charge in [-0.3, -0.25) is 4.79 Å². The van der Waals surface area contributed by atoms with Crippen molar-refractivity contribution in [3.63, 3.8) is 0 Å². The number of carbonyl (C=O) groups is 1. The van der Waals surface area contributed by atoms with Crippen LogP contribution in [0, 0.1) is 23.4 Å². The Balaban J connectivity index is 2.38. The number of piperidine rings is 1. The number of hydrogen-bond acceptors (Lipinski definition) is 3. The molecule has 0 spiro atoms. The first-order valence-corrected chi connectivity index (χ1v) is 7.61. The highest BCUT2D eigenvalue weighted by Crippen LogP contribution is 2.26. The van der Waals surface area contributed by atoms with Crippen LogP contribution >= 0.6 is 0 Å². The van der Waals surface area contributed by atoms with E-state index >= 15 is 0 Å². The van der Waals surface area contributed by atoms with Crippen LogP contribution < -0.4 is 5.73 Å². The zero-order chi connectivity index (χ0) is 15.8. The van der Waals surface area contributed by atoms with Gasteiger partial charge in [0.2, 0.25) is 15.9 Å². The fraction of sp³-hybridized carbons (Fsp3) is 0.417. The molecule has 1 atom stereocenters. The maximum Gasteiger partial charge on any atom is 0.246 e. The van der Waals surface area contributed by atoms with Gasteiger partial charge in [0.25, 0.3) is 0 Å². The van der Waals surface area contributed by atoms with E-state index in [2.05, 4.69) is 0 Å². The van der Waals surface area contributed by atoms with Gasteiger partial charge in [-0.15, -0.1) is 0 Å². The van der Waals surface area contributed by atoms with Gasteiger partial charge in [-0.1, -0.05) is 0 Å². The normalized spacial score (nSPS) is 20.4. The molecule has 1 fully saturated rings. The lowest BCUT2D eigenvalue weighted by Gasteiger charge is -2.30. The monoisotopic (exact) mass is 322 g/mol. The minimum atomic E-state index is -4.35. The van der Waals surface area contributed by atoms with Crippen LogP contribution in [0.5, 0.6) is 0 Å². The van der Waals surface area contributed by atoms with E-state index < -0.39 is 44.2 Å². The predicted octanol–water partition coefficient (Wildman–Crippen LogP) is 0.990. The Bertz CT molecular complexity index is 679. The molecule has 1 aliphatic heterocycles. The summed E-state index contributed by atoms with van der Waals surface area (Å²) in [6.45, 7) is -0.138. The van der Waals surface area contributed by atoms with E-state index in [1.165, 1.54) is 0 Å². The summed E-state index contributed by atoms with van der Waals surface area (Å²) in [5.74, 6) is -5.64. The third kappa shape index (κ3) is 3.03.